The second-order valence-electron chi connectivity index (χ2n) is 12.4. The number of benzene rings is 6. The topological polar surface area (TPSA) is 9.23 Å². The monoisotopic (exact) mass is 608 g/mol. The average molecular weight is 609 g/mol. The molecule has 7 rings (SSSR count). The van der Waals surface area contributed by atoms with Gasteiger partial charge in [-0.25, -0.2) is 0 Å². The largest absolute Gasteiger partial charge is 0.448 e. The zero-order chi connectivity index (χ0) is 30.4. The van der Waals surface area contributed by atoms with E-state index in [2.05, 4.69) is 185 Å². The number of hydrogen-bond acceptors (Lipinski definition) is 1. The van der Waals surface area contributed by atoms with Crippen LogP contribution in [0.15, 0.2) is 158 Å². The summed E-state index contributed by atoms with van der Waals surface area (Å²) in [5, 5.41) is 8.00. The van der Waals surface area contributed by atoms with Crippen molar-refractivity contribution >= 4 is 46.4 Å². The van der Waals surface area contributed by atoms with E-state index in [1.165, 1.54) is 43.0 Å². The summed E-state index contributed by atoms with van der Waals surface area (Å²) in [5.74, 6) is 2.04. The van der Waals surface area contributed by atoms with Crippen LogP contribution in [-0.4, -0.2) is 13.3 Å². The van der Waals surface area contributed by atoms with Crippen LogP contribution >= 0.6 is 14.5 Å². The zero-order valence-corrected chi connectivity index (χ0v) is 27.6. The maximum Gasteiger partial charge on any atom is 0.174 e. The summed E-state index contributed by atoms with van der Waals surface area (Å²) >= 11 is 0. The normalized spacial score (nSPS) is 13.8. The minimum Gasteiger partial charge on any atom is -0.448 e. The summed E-state index contributed by atoms with van der Waals surface area (Å²) < 4.78 is 7.41. The van der Waals surface area contributed by atoms with Crippen LogP contribution in [0.3, 0.4) is 0 Å². The number of fused-ring (bicyclic) bond motifs is 2. The number of ether oxygens (including phenoxy) is 1. The van der Waals surface area contributed by atoms with Crippen LogP contribution in [0.2, 0.25) is 0 Å². The molecule has 44 heavy (non-hydrogen) atoms. The van der Waals surface area contributed by atoms with Crippen molar-refractivity contribution < 1.29 is 4.74 Å². The Hall–Kier alpha value is -4.02. The van der Waals surface area contributed by atoms with Gasteiger partial charge >= 0.3 is 0 Å². The molecule has 0 aromatic heterocycles. The lowest BCUT2D eigenvalue weighted by atomic mass is 9.76. The van der Waals surface area contributed by atoms with Gasteiger partial charge < -0.3 is 4.74 Å². The molecule has 0 unspecified atom stereocenters. The molecule has 0 saturated heterocycles. The van der Waals surface area contributed by atoms with Crippen molar-refractivity contribution in [1.82, 2.24) is 0 Å². The molecule has 0 amide bonds. The Morgan fingerprint density at radius 2 is 0.682 bits per heavy atom. The zero-order valence-electron chi connectivity index (χ0n) is 25.8. The average Bonchev–Trinajstić information content (AvgIpc) is 3.09. The smallest absolute Gasteiger partial charge is 0.174 e. The van der Waals surface area contributed by atoms with Crippen molar-refractivity contribution in [3.63, 3.8) is 0 Å². The van der Waals surface area contributed by atoms with Crippen molar-refractivity contribution in [1.29, 1.82) is 0 Å². The third kappa shape index (κ3) is 4.45. The predicted molar refractivity (Wildman–Crippen MR) is 194 cm³/mol. The highest BCUT2D eigenvalue weighted by Gasteiger charge is 2.50. The van der Waals surface area contributed by atoms with Gasteiger partial charge in [0.25, 0.3) is 0 Å². The first-order valence-corrected chi connectivity index (χ1v) is 19.7. The molecule has 1 heterocycles. The van der Waals surface area contributed by atoms with Crippen LogP contribution < -0.4 is 36.6 Å². The van der Waals surface area contributed by atoms with Gasteiger partial charge in [0, 0.05) is 16.5 Å². The highest BCUT2D eigenvalue weighted by atomic mass is 31.2. The molecular weight excluding hydrogens is 570 g/mol. The Labute approximate surface area is 263 Å². The summed E-state index contributed by atoms with van der Waals surface area (Å²) in [6, 6.07) is 57.8. The number of rotatable bonds is 6. The Bertz CT molecular complexity index is 1700. The minimum absolute atomic E-state index is 0.245. The lowest BCUT2D eigenvalue weighted by Crippen LogP contribution is -2.37. The van der Waals surface area contributed by atoms with E-state index in [0.29, 0.717) is 0 Å². The van der Waals surface area contributed by atoms with Crippen LogP contribution in [0.1, 0.15) is 25.0 Å². The number of para-hydroxylation sites is 2. The van der Waals surface area contributed by atoms with Crippen LogP contribution in [0, 0.1) is 0 Å². The van der Waals surface area contributed by atoms with Crippen LogP contribution in [0.5, 0.6) is 11.5 Å². The van der Waals surface area contributed by atoms with Crippen LogP contribution in [0.25, 0.3) is 0 Å². The van der Waals surface area contributed by atoms with E-state index in [1.807, 2.05) is 0 Å². The Kier molecular flexibility index (Phi) is 7.29. The molecule has 1 aliphatic rings. The second-order valence-corrected chi connectivity index (χ2v) is 19.4. The molecule has 0 radical (unpaired) electrons. The lowest BCUT2D eigenvalue weighted by Gasteiger charge is -2.38. The molecule has 0 aliphatic carbocycles. The van der Waals surface area contributed by atoms with Crippen molar-refractivity contribution in [3.05, 3.63) is 169 Å². The van der Waals surface area contributed by atoms with E-state index in [0.717, 1.165) is 11.5 Å². The van der Waals surface area contributed by atoms with E-state index in [4.69, 9.17) is 4.74 Å². The predicted octanol–water partition coefficient (Wildman–Crippen LogP) is 7.97. The molecule has 0 fully saturated rings. The fourth-order valence-corrected chi connectivity index (χ4v) is 13.7. The molecule has 6 aromatic carbocycles. The van der Waals surface area contributed by atoms with E-state index in [9.17, 15) is 0 Å². The van der Waals surface area contributed by atoms with Crippen molar-refractivity contribution in [2.24, 2.45) is 0 Å². The van der Waals surface area contributed by atoms with Crippen molar-refractivity contribution in [2.75, 3.05) is 13.3 Å². The first kappa shape index (κ1) is 28.7. The second kappa shape index (κ2) is 11.2. The molecule has 0 bridgehead atoms. The van der Waals surface area contributed by atoms with E-state index < -0.39 is 14.5 Å². The SMILES string of the molecule is CC1(C)c2cccc([P+](C)(c3ccccc3)c3ccccc3)c2Oc2c1cccc2[P+](C)(c1ccccc1)c1ccccc1. The molecule has 3 heteroatoms. The highest BCUT2D eigenvalue weighted by molar-refractivity contribution is 7.95. The minimum atomic E-state index is -2.04. The van der Waals surface area contributed by atoms with Crippen molar-refractivity contribution in [2.45, 2.75) is 19.3 Å². The van der Waals surface area contributed by atoms with Crippen LogP contribution in [-0.2, 0) is 5.41 Å². The third-order valence-corrected chi connectivity index (χ3v) is 17.5. The van der Waals surface area contributed by atoms with E-state index in [1.54, 1.807) is 0 Å². The standard InChI is InChI=1S/C41H38OP2/c1-41(2)35-27-17-29-37(43(3,31-19-9-5-10-20-31)32-21-11-6-12-22-32)39(35)42-40-36(41)28-18-30-38(40)44(4,33-23-13-7-14-24-33)34-25-15-8-16-26-34/h5-30H,1-4H3/q+2. The maximum absolute atomic E-state index is 7.41. The third-order valence-electron chi connectivity index (χ3n) is 9.59. The van der Waals surface area contributed by atoms with Gasteiger partial charge in [-0.3, -0.25) is 0 Å². The van der Waals surface area contributed by atoms with E-state index in [-0.39, 0.29) is 5.41 Å². The fourth-order valence-electron chi connectivity index (χ4n) is 6.96. The number of hydrogen-bond donors (Lipinski definition) is 0. The summed E-state index contributed by atoms with van der Waals surface area (Å²) in [5.41, 5.74) is 2.25. The van der Waals surface area contributed by atoms with Crippen LogP contribution in [0.4, 0.5) is 0 Å². The fraction of sp³-hybridized carbons (Fsp3) is 0.122. The molecule has 0 spiro atoms. The van der Waals surface area contributed by atoms with Gasteiger partial charge in [0.2, 0.25) is 0 Å². The molecule has 6 aromatic rings. The lowest BCUT2D eigenvalue weighted by molar-refractivity contribution is 0.424. The Morgan fingerprint density at radius 3 is 0.977 bits per heavy atom. The maximum atomic E-state index is 7.41. The molecule has 0 N–H and O–H groups in total. The summed E-state index contributed by atoms with van der Waals surface area (Å²) in [6.07, 6.45) is 0. The molecule has 1 aliphatic heterocycles. The molecular formula is C41H38OP2+2. The molecule has 0 saturated carbocycles. The molecule has 1 nitrogen and oxygen atoms in total. The molecule has 216 valence electrons. The van der Waals surface area contributed by atoms with Gasteiger partial charge in [0.15, 0.2) is 11.5 Å². The van der Waals surface area contributed by atoms with Gasteiger partial charge in [-0.15, -0.1) is 0 Å². The van der Waals surface area contributed by atoms with Gasteiger partial charge in [-0.2, -0.15) is 0 Å². The molecule has 0 atom stereocenters. The quantitative estimate of drug-likeness (QED) is 0.174. The van der Waals surface area contributed by atoms with Gasteiger partial charge in [-0.1, -0.05) is 111 Å². The Morgan fingerprint density at radius 1 is 0.386 bits per heavy atom. The summed E-state index contributed by atoms with van der Waals surface area (Å²) in [4.78, 5) is 0. The van der Waals surface area contributed by atoms with Gasteiger partial charge in [0.05, 0.1) is 13.3 Å². The van der Waals surface area contributed by atoms with E-state index >= 15 is 0 Å². The summed E-state index contributed by atoms with van der Waals surface area (Å²) in [6.45, 7) is 9.64. The van der Waals surface area contributed by atoms with Gasteiger partial charge in [0.1, 0.15) is 46.4 Å². The van der Waals surface area contributed by atoms with Gasteiger partial charge in [-0.05, 0) is 60.7 Å². The Balaban J connectivity index is 1.50. The summed E-state index contributed by atoms with van der Waals surface area (Å²) in [7, 11) is -4.09. The highest BCUT2D eigenvalue weighted by Crippen LogP contribution is 2.60. The first-order chi connectivity index (χ1) is 21.4. The van der Waals surface area contributed by atoms with Crippen molar-refractivity contribution in [3.8, 4) is 11.5 Å². The first-order valence-electron chi connectivity index (χ1n) is 15.3.